The van der Waals surface area contributed by atoms with E-state index in [4.69, 9.17) is 4.52 Å². The molecule has 0 atom stereocenters. The standard InChI is InChI=1S/C22H19F4N3O4/c23-11-5-14(24)12-7-16(27-15(12)6-11)20(31)29-4-1-18-13(9-29)19(28-33-18)17(30)8-22(2-3-22)10-32-21(25)26/h5-7,21,27H,1-4,8-10H2. The number of H-pyrrole nitrogens is 1. The van der Waals surface area contributed by atoms with Crippen LogP contribution in [0, 0.1) is 17.0 Å². The van der Waals surface area contributed by atoms with Crippen LogP contribution in [0.15, 0.2) is 22.7 Å². The molecule has 0 unspecified atom stereocenters. The molecular formula is C22H19F4N3O4. The highest BCUT2D eigenvalue weighted by Gasteiger charge is 2.46. The lowest BCUT2D eigenvalue weighted by Crippen LogP contribution is -2.36. The zero-order valence-corrected chi connectivity index (χ0v) is 17.3. The minimum Gasteiger partial charge on any atom is -0.360 e. The van der Waals surface area contributed by atoms with Crippen LogP contribution in [0.4, 0.5) is 17.6 Å². The Labute approximate surface area is 184 Å². The summed E-state index contributed by atoms with van der Waals surface area (Å²) in [6.07, 6.45) is 1.53. The highest BCUT2D eigenvalue weighted by Crippen LogP contribution is 2.50. The monoisotopic (exact) mass is 465 g/mol. The summed E-state index contributed by atoms with van der Waals surface area (Å²) in [5, 5.41) is 3.97. The fraction of sp³-hybridized carbons (Fsp3) is 0.409. The highest BCUT2D eigenvalue weighted by atomic mass is 19.3. The zero-order valence-electron chi connectivity index (χ0n) is 17.3. The number of ketones is 1. The molecule has 2 aliphatic rings. The SMILES string of the molecule is O=C(CC1(COC(F)F)CC1)c1noc2c1CN(C(=O)c1cc3c(F)cc(F)cc3[nH]1)CC2. The smallest absolute Gasteiger partial charge is 0.345 e. The van der Waals surface area contributed by atoms with Crippen LogP contribution in [0.2, 0.25) is 0 Å². The second-order valence-corrected chi connectivity index (χ2v) is 8.61. The Morgan fingerprint density at radius 3 is 2.76 bits per heavy atom. The molecule has 33 heavy (non-hydrogen) atoms. The number of aromatic nitrogens is 2. The van der Waals surface area contributed by atoms with Gasteiger partial charge in [0.1, 0.15) is 23.1 Å². The number of carbonyl (C=O) groups is 2. The van der Waals surface area contributed by atoms with Gasteiger partial charge in [-0.25, -0.2) is 8.78 Å². The quantitative estimate of drug-likeness (QED) is 0.417. The van der Waals surface area contributed by atoms with Crippen LogP contribution >= 0.6 is 0 Å². The Kier molecular flexibility index (Phi) is 5.23. The molecule has 0 spiro atoms. The molecule has 1 saturated carbocycles. The summed E-state index contributed by atoms with van der Waals surface area (Å²) >= 11 is 0. The summed E-state index contributed by atoms with van der Waals surface area (Å²) in [5.74, 6) is -1.85. The van der Waals surface area contributed by atoms with Gasteiger partial charge in [-0.3, -0.25) is 9.59 Å². The Balaban J connectivity index is 1.33. The molecule has 3 heterocycles. The number of nitrogens with zero attached hydrogens (tertiary/aromatic N) is 2. The van der Waals surface area contributed by atoms with Gasteiger partial charge in [0.15, 0.2) is 11.5 Å². The predicted octanol–water partition coefficient (Wildman–Crippen LogP) is 4.22. The number of halogens is 4. The number of rotatable bonds is 7. The molecule has 2 aromatic heterocycles. The van der Waals surface area contributed by atoms with Crippen molar-refractivity contribution in [2.45, 2.75) is 38.8 Å². The number of ether oxygens (including phenoxy) is 1. The number of nitrogens with one attached hydrogen (secondary N) is 1. The number of benzene rings is 1. The Morgan fingerprint density at radius 2 is 2.03 bits per heavy atom. The van der Waals surface area contributed by atoms with E-state index < -0.39 is 29.6 Å². The first-order valence-corrected chi connectivity index (χ1v) is 10.4. The number of alkyl halides is 2. The van der Waals surface area contributed by atoms with Gasteiger partial charge in [-0.05, 0) is 25.0 Å². The number of fused-ring (bicyclic) bond motifs is 2. The second kappa shape index (κ2) is 7.98. The zero-order chi connectivity index (χ0) is 23.3. The number of aromatic amines is 1. The van der Waals surface area contributed by atoms with Gasteiger partial charge in [0.25, 0.3) is 5.91 Å². The first-order valence-electron chi connectivity index (χ1n) is 10.4. The maximum atomic E-state index is 14.0. The molecule has 3 aromatic rings. The summed E-state index contributed by atoms with van der Waals surface area (Å²) in [7, 11) is 0. The van der Waals surface area contributed by atoms with Crippen molar-refractivity contribution < 1.29 is 36.4 Å². The number of Topliss-reactive ketones (excluding diaryl/α,β-unsaturated/α-hetero) is 1. The normalized spacial score (nSPS) is 16.9. The molecule has 0 bridgehead atoms. The first-order chi connectivity index (χ1) is 15.7. The molecule has 1 aliphatic carbocycles. The van der Waals surface area contributed by atoms with Crippen molar-refractivity contribution in [3.8, 4) is 0 Å². The lowest BCUT2D eigenvalue weighted by molar-refractivity contribution is -0.140. The Hall–Kier alpha value is -3.21. The van der Waals surface area contributed by atoms with Crippen molar-refractivity contribution >= 4 is 22.6 Å². The van der Waals surface area contributed by atoms with Gasteiger partial charge >= 0.3 is 6.61 Å². The van der Waals surface area contributed by atoms with Crippen molar-refractivity contribution in [3.05, 3.63) is 52.5 Å². The second-order valence-electron chi connectivity index (χ2n) is 8.61. The predicted molar refractivity (Wildman–Crippen MR) is 106 cm³/mol. The van der Waals surface area contributed by atoms with Gasteiger partial charge in [-0.1, -0.05) is 5.16 Å². The molecular weight excluding hydrogens is 446 g/mol. The minimum atomic E-state index is -2.90. The average Bonchev–Trinajstić information content (AvgIpc) is 3.19. The fourth-order valence-corrected chi connectivity index (χ4v) is 4.26. The topological polar surface area (TPSA) is 88.4 Å². The molecule has 1 aliphatic heterocycles. The lowest BCUT2D eigenvalue weighted by Gasteiger charge is -2.25. The molecule has 0 saturated heterocycles. The summed E-state index contributed by atoms with van der Waals surface area (Å²) < 4.78 is 61.9. The maximum absolute atomic E-state index is 14.0. The molecule has 7 nitrogen and oxygen atoms in total. The van der Waals surface area contributed by atoms with Gasteiger partial charge in [0.05, 0.1) is 18.7 Å². The van der Waals surface area contributed by atoms with Crippen LogP contribution < -0.4 is 0 Å². The molecule has 174 valence electrons. The van der Waals surface area contributed by atoms with Crippen molar-refractivity contribution in [2.24, 2.45) is 5.41 Å². The van der Waals surface area contributed by atoms with Crippen LogP contribution in [0.5, 0.6) is 0 Å². The van der Waals surface area contributed by atoms with E-state index in [2.05, 4.69) is 14.9 Å². The average molecular weight is 465 g/mol. The molecule has 11 heteroatoms. The Bertz CT molecular complexity index is 1250. The fourth-order valence-electron chi connectivity index (χ4n) is 4.26. The van der Waals surface area contributed by atoms with Crippen LogP contribution in [-0.4, -0.2) is 46.5 Å². The third kappa shape index (κ3) is 4.12. The molecule has 0 radical (unpaired) electrons. The number of carbonyl (C=O) groups excluding carboxylic acids is 2. The molecule has 5 rings (SSSR count). The van der Waals surface area contributed by atoms with Crippen molar-refractivity contribution in [1.82, 2.24) is 15.0 Å². The van der Waals surface area contributed by atoms with Gasteiger partial charge in [0.2, 0.25) is 0 Å². The Morgan fingerprint density at radius 1 is 1.24 bits per heavy atom. The first kappa shape index (κ1) is 21.6. The third-order valence-electron chi connectivity index (χ3n) is 6.27. The number of amides is 1. The van der Waals surface area contributed by atoms with Gasteiger partial charge in [0, 0.05) is 41.8 Å². The van der Waals surface area contributed by atoms with Crippen LogP contribution in [0.1, 0.15) is 51.6 Å². The van der Waals surface area contributed by atoms with E-state index in [0.717, 1.165) is 12.1 Å². The minimum absolute atomic E-state index is 0.000498. The largest absolute Gasteiger partial charge is 0.360 e. The van der Waals surface area contributed by atoms with Gasteiger partial charge in [-0.15, -0.1) is 0 Å². The maximum Gasteiger partial charge on any atom is 0.345 e. The van der Waals surface area contributed by atoms with Crippen molar-refractivity contribution in [1.29, 1.82) is 0 Å². The molecule has 1 amide bonds. The van der Waals surface area contributed by atoms with Gasteiger partial charge < -0.3 is 19.1 Å². The summed E-state index contributed by atoms with van der Waals surface area (Å²) in [5.41, 5.74) is 0.181. The molecule has 1 aromatic carbocycles. The summed E-state index contributed by atoms with van der Waals surface area (Å²) in [6.45, 7) is -2.77. The summed E-state index contributed by atoms with van der Waals surface area (Å²) in [6, 6.07) is 3.17. The van der Waals surface area contributed by atoms with E-state index >= 15 is 0 Å². The summed E-state index contributed by atoms with van der Waals surface area (Å²) in [4.78, 5) is 30.1. The third-order valence-corrected chi connectivity index (χ3v) is 6.27. The van der Waals surface area contributed by atoms with E-state index in [1.165, 1.54) is 11.0 Å². The van der Waals surface area contributed by atoms with Crippen molar-refractivity contribution in [2.75, 3.05) is 13.2 Å². The highest BCUT2D eigenvalue weighted by molar-refractivity contribution is 5.99. The van der Waals surface area contributed by atoms with Crippen LogP contribution in [-0.2, 0) is 17.7 Å². The van der Waals surface area contributed by atoms with Crippen LogP contribution in [0.25, 0.3) is 10.9 Å². The van der Waals surface area contributed by atoms with Crippen molar-refractivity contribution in [3.63, 3.8) is 0 Å². The lowest BCUT2D eigenvalue weighted by atomic mass is 9.95. The molecule has 1 N–H and O–H groups in total. The van der Waals surface area contributed by atoms with E-state index in [-0.39, 0.29) is 54.2 Å². The number of hydrogen-bond donors (Lipinski definition) is 1. The molecule has 1 fully saturated rings. The van der Waals surface area contributed by atoms with E-state index in [1.54, 1.807) is 0 Å². The van der Waals surface area contributed by atoms with E-state index in [1.807, 2.05) is 0 Å². The van der Waals surface area contributed by atoms with Gasteiger partial charge in [-0.2, -0.15) is 8.78 Å². The van der Waals surface area contributed by atoms with E-state index in [9.17, 15) is 27.2 Å². The number of hydrogen-bond acceptors (Lipinski definition) is 5. The van der Waals surface area contributed by atoms with Crippen LogP contribution in [0.3, 0.4) is 0 Å². The van der Waals surface area contributed by atoms with E-state index in [0.29, 0.717) is 30.6 Å².